The summed E-state index contributed by atoms with van der Waals surface area (Å²) in [5.41, 5.74) is 2.49. The van der Waals surface area contributed by atoms with Crippen molar-refractivity contribution in [3.63, 3.8) is 0 Å². The molecule has 7 heteroatoms. The molecule has 0 radical (unpaired) electrons. The smallest absolute Gasteiger partial charge is 0.272 e. The molecule has 2 bridgehead atoms. The highest BCUT2D eigenvalue weighted by Gasteiger charge is 2.68. The Hall–Kier alpha value is -2.34. The van der Waals surface area contributed by atoms with Gasteiger partial charge in [0.25, 0.3) is 5.91 Å². The Balaban J connectivity index is 1.09. The summed E-state index contributed by atoms with van der Waals surface area (Å²) in [5, 5.41) is 8.25. The largest absolute Gasteiger partial charge is 0.486 e. The third kappa shape index (κ3) is 3.33. The fourth-order valence-corrected chi connectivity index (χ4v) is 5.45. The van der Waals surface area contributed by atoms with Crippen molar-refractivity contribution in [1.29, 1.82) is 0 Å². The molecule has 0 unspecified atom stereocenters. The van der Waals surface area contributed by atoms with E-state index in [1.54, 1.807) is 12.1 Å². The molecule has 6 rings (SSSR count). The fourth-order valence-electron chi connectivity index (χ4n) is 5.33. The van der Waals surface area contributed by atoms with Gasteiger partial charge in [-0.2, -0.15) is 5.10 Å². The molecule has 3 saturated carbocycles. The van der Waals surface area contributed by atoms with E-state index in [1.165, 1.54) is 0 Å². The summed E-state index contributed by atoms with van der Waals surface area (Å²) in [4.78, 5) is 24.9. The van der Waals surface area contributed by atoms with Crippen LogP contribution < -0.4 is 10.1 Å². The van der Waals surface area contributed by atoms with Crippen molar-refractivity contribution < 1.29 is 14.3 Å². The lowest BCUT2D eigenvalue weighted by Gasteiger charge is -2.70. The first-order valence-corrected chi connectivity index (χ1v) is 10.5. The van der Waals surface area contributed by atoms with E-state index in [1.807, 2.05) is 23.7 Å². The minimum atomic E-state index is -0.139. The summed E-state index contributed by atoms with van der Waals surface area (Å²) in [7, 11) is 0. The van der Waals surface area contributed by atoms with Crippen molar-refractivity contribution in [2.75, 3.05) is 6.61 Å². The number of Topliss-reactive ketones (excluding diaryl/α,β-unsaturated/α-hetero) is 1. The van der Waals surface area contributed by atoms with Crippen LogP contribution in [-0.4, -0.2) is 33.6 Å². The molecule has 0 atom stereocenters. The Labute approximate surface area is 174 Å². The van der Waals surface area contributed by atoms with Crippen molar-refractivity contribution >= 4 is 23.3 Å². The van der Waals surface area contributed by atoms with Crippen LogP contribution in [0.15, 0.2) is 24.3 Å². The number of carbonyl (C=O) groups excluding carboxylic acids is 2. The molecule has 1 aliphatic heterocycles. The average Bonchev–Trinajstić information content (AvgIpc) is 3.21. The van der Waals surface area contributed by atoms with Gasteiger partial charge in [0.2, 0.25) is 0 Å². The van der Waals surface area contributed by atoms with Gasteiger partial charge in [0.1, 0.15) is 18.1 Å². The van der Waals surface area contributed by atoms with Gasteiger partial charge in [-0.1, -0.05) is 11.6 Å². The number of benzene rings is 1. The second-order valence-corrected chi connectivity index (χ2v) is 9.43. The zero-order valence-corrected chi connectivity index (χ0v) is 17.2. The van der Waals surface area contributed by atoms with Gasteiger partial charge in [-0.25, -0.2) is 0 Å². The minimum absolute atomic E-state index is 0.0413. The maximum atomic E-state index is 12.5. The van der Waals surface area contributed by atoms with Crippen molar-refractivity contribution in [2.45, 2.75) is 57.5 Å². The molecule has 0 spiro atoms. The predicted molar refractivity (Wildman–Crippen MR) is 108 cm³/mol. The van der Waals surface area contributed by atoms with Crippen LogP contribution in [0.25, 0.3) is 0 Å². The fraction of sp³-hybridized carbons (Fsp3) is 0.500. The van der Waals surface area contributed by atoms with Gasteiger partial charge in [0.05, 0.1) is 0 Å². The molecular formula is C22H24ClN3O3. The number of fused-ring (bicyclic) bond motifs is 1. The zero-order chi connectivity index (χ0) is 20.2. The lowest BCUT2D eigenvalue weighted by atomic mass is 9.38. The number of aromatic nitrogens is 2. The van der Waals surface area contributed by atoms with Crippen LogP contribution in [-0.2, 0) is 17.8 Å². The van der Waals surface area contributed by atoms with Crippen molar-refractivity contribution in [3.05, 3.63) is 46.2 Å². The minimum Gasteiger partial charge on any atom is -0.486 e. The molecular weight excluding hydrogens is 390 g/mol. The standard InChI is InChI=1S/C22H24ClN3O3/c1-14-7-17(4-5-18(14)23)29-10-16(27)9-21-11-22(12-21,13-21)24-20(28)19-8-15-3-2-6-26(15)25-19/h4-5,7-8H,2-3,6,9-13H2,1H3,(H,24,28). The molecule has 1 aromatic heterocycles. The number of nitrogens with zero attached hydrogens (tertiary/aromatic N) is 2. The first-order valence-electron chi connectivity index (χ1n) is 10.2. The zero-order valence-electron chi connectivity index (χ0n) is 16.5. The summed E-state index contributed by atoms with van der Waals surface area (Å²) < 4.78 is 7.55. The van der Waals surface area contributed by atoms with Gasteiger partial charge in [-0.05, 0) is 74.3 Å². The molecule has 2 heterocycles. The van der Waals surface area contributed by atoms with Gasteiger partial charge in [-0.15, -0.1) is 0 Å². The van der Waals surface area contributed by atoms with Crippen molar-refractivity contribution in [3.8, 4) is 5.75 Å². The Morgan fingerprint density at radius 1 is 1.28 bits per heavy atom. The topological polar surface area (TPSA) is 73.2 Å². The van der Waals surface area contributed by atoms with E-state index in [2.05, 4.69) is 10.4 Å². The Bertz CT molecular complexity index is 971. The molecule has 2 aromatic rings. The third-order valence-electron chi connectivity index (χ3n) is 6.52. The number of ketones is 1. The van der Waals surface area contributed by atoms with E-state index in [-0.39, 0.29) is 29.3 Å². The number of aryl methyl sites for hydroxylation is 3. The van der Waals surface area contributed by atoms with Crippen LogP contribution in [0.2, 0.25) is 5.02 Å². The van der Waals surface area contributed by atoms with E-state index in [0.717, 1.165) is 49.9 Å². The van der Waals surface area contributed by atoms with E-state index >= 15 is 0 Å². The number of halogens is 1. The number of nitrogens with one attached hydrogen (secondary N) is 1. The maximum absolute atomic E-state index is 12.5. The number of hydrogen-bond donors (Lipinski definition) is 1. The van der Waals surface area contributed by atoms with Crippen LogP contribution in [0.5, 0.6) is 5.75 Å². The highest BCUT2D eigenvalue weighted by Crippen LogP contribution is 2.69. The molecule has 1 aromatic carbocycles. The van der Waals surface area contributed by atoms with Gasteiger partial charge >= 0.3 is 0 Å². The quantitative estimate of drug-likeness (QED) is 0.754. The summed E-state index contributed by atoms with van der Waals surface area (Å²) in [6.07, 6.45) is 5.21. The van der Waals surface area contributed by atoms with Crippen LogP contribution in [0, 0.1) is 12.3 Å². The number of amides is 1. The van der Waals surface area contributed by atoms with Crippen LogP contribution in [0.3, 0.4) is 0 Å². The highest BCUT2D eigenvalue weighted by molar-refractivity contribution is 6.31. The SMILES string of the molecule is Cc1cc(OCC(=O)CC23CC(NC(=O)c4cc5n(n4)CCC5)(C2)C3)ccc1Cl. The Kier molecular flexibility index (Phi) is 4.24. The van der Waals surface area contributed by atoms with Crippen LogP contribution >= 0.6 is 11.6 Å². The first kappa shape index (κ1) is 18.7. The van der Waals surface area contributed by atoms with Crippen molar-refractivity contribution in [1.82, 2.24) is 15.1 Å². The van der Waals surface area contributed by atoms with Gasteiger partial charge < -0.3 is 10.1 Å². The average molecular weight is 414 g/mol. The predicted octanol–water partition coefficient (Wildman–Crippen LogP) is 3.48. The molecule has 1 N–H and O–H groups in total. The lowest BCUT2D eigenvalue weighted by Crippen LogP contribution is -2.75. The summed E-state index contributed by atoms with van der Waals surface area (Å²) in [6, 6.07) is 7.30. The van der Waals surface area contributed by atoms with E-state index in [4.69, 9.17) is 16.3 Å². The molecule has 4 aliphatic rings. The number of rotatable bonds is 7. The maximum Gasteiger partial charge on any atom is 0.272 e. The Morgan fingerprint density at radius 3 is 2.79 bits per heavy atom. The molecule has 3 fully saturated rings. The van der Waals surface area contributed by atoms with Crippen LogP contribution in [0.4, 0.5) is 0 Å². The number of carbonyl (C=O) groups is 2. The molecule has 6 nitrogen and oxygen atoms in total. The monoisotopic (exact) mass is 413 g/mol. The molecule has 3 aliphatic carbocycles. The third-order valence-corrected chi connectivity index (χ3v) is 6.94. The normalized spacial score (nSPS) is 26.3. The second kappa shape index (κ2) is 6.59. The van der Waals surface area contributed by atoms with Crippen molar-refractivity contribution in [2.24, 2.45) is 5.41 Å². The number of hydrogen-bond acceptors (Lipinski definition) is 4. The summed E-state index contributed by atoms with van der Waals surface area (Å²) >= 11 is 6.01. The first-order chi connectivity index (χ1) is 13.9. The molecule has 152 valence electrons. The van der Waals surface area contributed by atoms with Crippen LogP contribution in [0.1, 0.15) is 53.8 Å². The lowest BCUT2D eigenvalue weighted by molar-refractivity contribution is -0.162. The van der Waals surface area contributed by atoms with E-state index in [0.29, 0.717) is 22.9 Å². The van der Waals surface area contributed by atoms with Gasteiger partial charge in [-0.3, -0.25) is 14.3 Å². The van der Waals surface area contributed by atoms with Gasteiger partial charge in [0.15, 0.2) is 5.78 Å². The van der Waals surface area contributed by atoms with E-state index in [9.17, 15) is 9.59 Å². The molecule has 29 heavy (non-hydrogen) atoms. The van der Waals surface area contributed by atoms with Gasteiger partial charge in [0, 0.05) is 29.2 Å². The highest BCUT2D eigenvalue weighted by atomic mass is 35.5. The summed E-state index contributed by atoms with van der Waals surface area (Å²) in [5.74, 6) is 0.671. The summed E-state index contributed by atoms with van der Waals surface area (Å²) in [6.45, 7) is 2.88. The molecule has 0 saturated heterocycles. The number of ether oxygens (including phenoxy) is 1. The Morgan fingerprint density at radius 2 is 2.07 bits per heavy atom. The van der Waals surface area contributed by atoms with E-state index < -0.39 is 0 Å². The second-order valence-electron chi connectivity index (χ2n) is 9.03. The molecule has 1 amide bonds.